The number of nitrogens with one attached hydrogen (secondary N) is 1. The van der Waals surface area contributed by atoms with E-state index >= 15 is 0 Å². The smallest absolute Gasteiger partial charge is 0.229 e. The van der Waals surface area contributed by atoms with Crippen molar-refractivity contribution in [2.45, 2.75) is 26.7 Å². The topological polar surface area (TPSA) is 86.1 Å². The van der Waals surface area contributed by atoms with E-state index in [1.807, 2.05) is 19.9 Å². The highest BCUT2D eigenvalue weighted by atomic mass is 16.2. The van der Waals surface area contributed by atoms with Gasteiger partial charge in [0.25, 0.3) is 0 Å². The minimum absolute atomic E-state index is 0.134. The van der Waals surface area contributed by atoms with Gasteiger partial charge in [-0.25, -0.2) is 4.98 Å². The molecule has 2 rings (SSSR count). The van der Waals surface area contributed by atoms with Gasteiger partial charge in [-0.05, 0) is 25.5 Å². The maximum Gasteiger partial charge on any atom is 0.229 e. The first-order valence-electron chi connectivity index (χ1n) is 6.48. The van der Waals surface area contributed by atoms with Gasteiger partial charge in [-0.1, -0.05) is 0 Å². The Hall–Kier alpha value is -2.42. The summed E-state index contributed by atoms with van der Waals surface area (Å²) in [7, 11) is 0. The summed E-state index contributed by atoms with van der Waals surface area (Å²) in [4.78, 5) is 28.5. The zero-order chi connectivity index (χ0) is 14.7. The van der Waals surface area contributed by atoms with Crippen LogP contribution in [-0.2, 0) is 9.59 Å². The fourth-order valence-corrected chi connectivity index (χ4v) is 2.26. The Morgan fingerprint density at radius 2 is 2.00 bits per heavy atom. The molecule has 2 amide bonds. The number of nitrogens with zero attached hydrogens (tertiary/aromatic N) is 3. The van der Waals surface area contributed by atoms with Gasteiger partial charge < -0.3 is 5.32 Å². The third-order valence-corrected chi connectivity index (χ3v) is 3.24. The normalized spacial score (nSPS) is 14.6. The summed E-state index contributed by atoms with van der Waals surface area (Å²) in [5.74, 6) is 0.237. The summed E-state index contributed by atoms with van der Waals surface area (Å²) in [5.41, 5.74) is 2.17. The highest BCUT2D eigenvalue weighted by Crippen LogP contribution is 2.17. The van der Waals surface area contributed by atoms with Crippen LogP contribution in [-0.4, -0.2) is 34.8 Å². The number of anilines is 1. The van der Waals surface area contributed by atoms with Gasteiger partial charge >= 0.3 is 0 Å². The van der Waals surface area contributed by atoms with Crippen LogP contribution in [0.3, 0.4) is 0 Å². The Kier molecular flexibility index (Phi) is 3.99. The summed E-state index contributed by atoms with van der Waals surface area (Å²) in [6.45, 7) is 4.40. The number of aryl methyl sites for hydroxylation is 2. The first kappa shape index (κ1) is 14.0. The third kappa shape index (κ3) is 2.77. The number of pyridine rings is 1. The fourth-order valence-electron chi connectivity index (χ4n) is 2.26. The van der Waals surface area contributed by atoms with Crippen molar-refractivity contribution in [3.8, 4) is 6.07 Å². The largest absolute Gasteiger partial charge is 0.367 e. The van der Waals surface area contributed by atoms with Gasteiger partial charge in [-0.3, -0.25) is 14.5 Å². The van der Waals surface area contributed by atoms with E-state index in [0.29, 0.717) is 37.3 Å². The Morgan fingerprint density at radius 3 is 2.60 bits per heavy atom. The average Bonchev–Trinajstić information content (AvgIpc) is 2.70. The van der Waals surface area contributed by atoms with Crippen molar-refractivity contribution in [1.29, 1.82) is 5.26 Å². The Morgan fingerprint density at radius 1 is 1.35 bits per heavy atom. The van der Waals surface area contributed by atoms with Crippen LogP contribution in [0.15, 0.2) is 6.07 Å². The predicted molar refractivity (Wildman–Crippen MR) is 72.9 cm³/mol. The Bertz CT molecular complexity index is 588. The van der Waals surface area contributed by atoms with Crippen LogP contribution in [0.25, 0.3) is 0 Å². The Balaban J connectivity index is 2.03. The average molecular weight is 272 g/mol. The van der Waals surface area contributed by atoms with Gasteiger partial charge in [0.05, 0.1) is 5.56 Å². The third-order valence-electron chi connectivity index (χ3n) is 3.24. The molecule has 1 aliphatic heterocycles. The number of aromatic nitrogens is 1. The van der Waals surface area contributed by atoms with Gasteiger partial charge in [0.1, 0.15) is 11.9 Å². The molecule has 0 saturated carbocycles. The molecule has 0 radical (unpaired) electrons. The molecule has 1 saturated heterocycles. The summed E-state index contributed by atoms with van der Waals surface area (Å²) >= 11 is 0. The minimum Gasteiger partial charge on any atom is -0.367 e. The lowest BCUT2D eigenvalue weighted by Gasteiger charge is -2.15. The van der Waals surface area contributed by atoms with Crippen molar-refractivity contribution < 1.29 is 9.59 Å². The van der Waals surface area contributed by atoms with Crippen molar-refractivity contribution in [2.24, 2.45) is 0 Å². The quantitative estimate of drug-likeness (QED) is 0.830. The summed E-state index contributed by atoms with van der Waals surface area (Å²) in [5, 5.41) is 12.2. The van der Waals surface area contributed by atoms with E-state index in [1.54, 1.807) is 0 Å². The summed E-state index contributed by atoms with van der Waals surface area (Å²) < 4.78 is 0. The summed E-state index contributed by atoms with van der Waals surface area (Å²) in [6, 6.07) is 3.96. The number of amides is 2. The van der Waals surface area contributed by atoms with Gasteiger partial charge in [0.2, 0.25) is 11.8 Å². The van der Waals surface area contributed by atoms with E-state index in [2.05, 4.69) is 16.4 Å². The van der Waals surface area contributed by atoms with E-state index in [0.717, 1.165) is 11.3 Å². The molecular formula is C14H16N4O2. The monoisotopic (exact) mass is 272 g/mol. The molecule has 0 atom stereocenters. The number of rotatable bonds is 4. The molecule has 6 heteroatoms. The van der Waals surface area contributed by atoms with Crippen LogP contribution in [0.5, 0.6) is 0 Å². The van der Waals surface area contributed by atoms with Crippen molar-refractivity contribution in [1.82, 2.24) is 9.88 Å². The predicted octanol–water partition coefficient (Wildman–Crippen LogP) is 1.13. The second-order valence-corrected chi connectivity index (χ2v) is 4.78. The van der Waals surface area contributed by atoms with Gasteiger partial charge in [-0.15, -0.1) is 0 Å². The van der Waals surface area contributed by atoms with Gasteiger partial charge in [0, 0.05) is 31.6 Å². The number of hydrogen-bond acceptors (Lipinski definition) is 5. The van der Waals surface area contributed by atoms with Crippen molar-refractivity contribution in [2.75, 3.05) is 18.4 Å². The highest BCUT2D eigenvalue weighted by molar-refractivity contribution is 6.01. The molecular weight excluding hydrogens is 256 g/mol. The zero-order valence-corrected chi connectivity index (χ0v) is 11.6. The molecule has 1 aromatic rings. The van der Waals surface area contributed by atoms with E-state index in [9.17, 15) is 9.59 Å². The first-order chi connectivity index (χ1) is 9.52. The number of imide groups is 1. The van der Waals surface area contributed by atoms with Crippen molar-refractivity contribution >= 4 is 17.6 Å². The van der Waals surface area contributed by atoms with Gasteiger partial charge in [0.15, 0.2) is 0 Å². The number of carbonyl (C=O) groups is 2. The second kappa shape index (κ2) is 5.70. The zero-order valence-electron chi connectivity index (χ0n) is 11.6. The molecule has 1 fully saturated rings. The lowest BCUT2D eigenvalue weighted by atomic mass is 10.1. The van der Waals surface area contributed by atoms with E-state index in [1.165, 1.54) is 4.90 Å². The molecule has 1 N–H and O–H groups in total. The number of carbonyl (C=O) groups excluding carboxylic acids is 2. The maximum absolute atomic E-state index is 11.5. The number of likely N-dealkylation sites (tertiary alicyclic amines) is 1. The van der Waals surface area contributed by atoms with Crippen LogP contribution < -0.4 is 5.32 Å². The van der Waals surface area contributed by atoms with Crippen LogP contribution in [0.4, 0.5) is 5.82 Å². The lowest BCUT2D eigenvalue weighted by molar-refractivity contribution is -0.138. The van der Waals surface area contributed by atoms with Crippen LogP contribution in [0.1, 0.15) is 29.7 Å². The fraction of sp³-hybridized carbons (Fsp3) is 0.429. The van der Waals surface area contributed by atoms with E-state index in [4.69, 9.17) is 5.26 Å². The first-order valence-corrected chi connectivity index (χ1v) is 6.48. The molecule has 1 aliphatic rings. The second-order valence-electron chi connectivity index (χ2n) is 4.78. The minimum atomic E-state index is -0.134. The van der Waals surface area contributed by atoms with E-state index in [-0.39, 0.29) is 11.8 Å². The molecule has 20 heavy (non-hydrogen) atoms. The molecule has 0 bridgehead atoms. The van der Waals surface area contributed by atoms with Crippen LogP contribution in [0.2, 0.25) is 0 Å². The van der Waals surface area contributed by atoms with Crippen LogP contribution in [0, 0.1) is 25.2 Å². The number of nitriles is 1. The maximum atomic E-state index is 11.5. The molecule has 0 spiro atoms. The molecule has 0 aromatic carbocycles. The van der Waals surface area contributed by atoms with Gasteiger partial charge in [-0.2, -0.15) is 5.26 Å². The standard InChI is InChI=1S/C14H16N4O2/c1-9-7-10(2)17-14(11(9)8-15)16-5-6-18-12(19)3-4-13(18)20/h7H,3-6H2,1-2H3,(H,16,17). The molecule has 0 unspecified atom stereocenters. The molecule has 1 aromatic heterocycles. The van der Waals surface area contributed by atoms with Crippen molar-refractivity contribution in [3.05, 3.63) is 22.9 Å². The van der Waals surface area contributed by atoms with Crippen molar-refractivity contribution in [3.63, 3.8) is 0 Å². The lowest BCUT2D eigenvalue weighted by Crippen LogP contribution is -2.33. The van der Waals surface area contributed by atoms with Crippen LogP contribution >= 0.6 is 0 Å². The molecule has 2 heterocycles. The highest BCUT2D eigenvalue weighted by Gasteiger charge is 2.28. The molecule has 0 aliphatic carbocycles. The Labute approximate surface area is 117 Å². The summed E-state index contributed by atoms with van der Waals surface area (Å²) in [6.07, 6.45) is 0.591. The SMILES string of the molecule is Cc1cc(C)c(C#N)c(NCCN2C(=O)CCC2=O)n1. The van der Waals surface area contributed by atoms with E-state index < -0.39 is 0 Å². The number of hydrogen-bond donors (Lipinski definition) is 1. The molecule has 6 nitrogen and oxygen atoms in total. The molecule has 104 valence electrons.